The van der Waals surface area contributed by atoms with Crippen molar-refractivity contribution in [3.05, 3.63) is 101 Å². The number of piperidine rings is 1. The van der Waals surface area contributed by atoms with E-state index in [-0.39, 0.29) is 23.6 Å². The minimum absolute atomic E-state index is 0.0761. The molecule has 0 radical (unpaired) electrons. The van der Waals surface area contributed by atoms with Crippen LogP contribution in [0.4, 0.5) is 4.39 Å². The lowest BCUT2D eigenvalue weighted by atomic mass is 9.88. The maximum absolute atomic E-state index is 13.3. The van der Waals surface area contributed by atoms with E-state index in [1.165, 1.54) is 17.7 Å². The number of ketones is 1. The van der Waals surface area contributed by atoms with Crippen LogP contribution in [0.15, 0.2) is 78.9 Å². The van der Waals surface area contributed by atoms with Gasteiger partial charge in [-0.25, -0.2) is 4.39 Å². The van der Waals surface area contributed by atoms with E-state index in [1.807, 2.05) is 49.4 Å². The number of hydrogen-bond donors (Lipinski definition) is 0. The highest BCUT2D eigenvalue weighted by Gasteiger charge is 2.28. The smallest absolute Gasteiger partial charge is 0.166 e. The molecule has 1 aliphatic heterocycles. The predicted octanol–water partition coefficient (Wildman–Crippen LogP) is 5.85. The number of rotatable bonds is 7. The van der Waals surface area contributed by atoms with Crippen LogP contribution in [0.1, 0.15) is 40.4 Å². The number of hydrogen-bond acceptors (Lipinski definition) is 3. The molecule has 4 heteroatoms. The molecule has 31 heavy (non-hydrogen) atoms. The van der Waals surface area contributed by atoms with Gasteiger partial charge in [0.2, 0.25) is 0 Å². The standard InChI is InChI=1S/C27H28FNO2/c1-20-7-9-22(10-8-20)27(30)23-15-17-29(18-16-23)19-26(21-5-3-2-4-6-21)31-25-13-11-24(28)12-14-25/h2-14,23,26H,15-19H2,1H3. The molecule has 3 aromatic carbocycles. The Morgan fingerprint density at radius 1 is 0.968 bits per heavy atom. The van der Waals surface area contributed by atoms with Gasteiger partial charge >= 0.3 is 0 Å². The zero-order valence-electron chi connectivity index (χ0n) is 17.8. The van der Waals surface area contributed by atoms with Crippen LogP contribution in [0.2, 0.25) is 0 Å². The normalized spacial score (nSPS) is 16.1. The molecule has 0 amide bonds. The van der Waals surface area contributed by atoms with Crippen LogP contribution < -0.4 is 4.74 Å². The van der Waals surface area contributed by atoms with E-state index in [9.17, 15) is 9.18 Å². The molecule has 1 aliphatic rings. The number of ether oxygens (including phenoxy) is 1. The predicted molar refractivity (Wildman–Crippen MR) is 121 cm³/mol. The Bertz CT molecular complexity index is 978. The van der Waals surface area contributed by atoms with Crippen LogP contribution in [0.5, 0.6) is 5.75 Å². The van der Waals surface area contributed by atoms with Gasteiger partial charge in [0.25, 0.3) is 0 Å². The molecule has 0 bridgehead atoms. The molecule has 3 aromatic rings. The third kappa shape index (κ3) is 5.59. The van der Waals surface area contributed by atoms with E-state index < -0.39 is 0 Å². The van der Waals surface area contributed by atoms with E-state index in [4.69, 9.17) is 4.74 Å². The van der Waals surface area contributed by atoms with E-state index in [1.54, 1.807) is 12.1 Å². The maximum Gasteiger partial charge on any atom is 0.166 e. The fourth-order valence-corrected chi connectivity index (χ4v) is 4.12. The topological polar surface area (TPSA) is 29.5 Å². The van der Waals surface area contributed by atoms with Gasteiger partial charge in [0.05, 0.1) is 0 Å². The summed E-state index contributed by atoms with van der Waals surface area (Å²) in [6, 6.07) is 24.1. The Morgan fingerprint density at radius 2 is 1.61 bits per heavy atom. The molecule has 1 fully saturated rings. The zero-order chi connectivity index (χ0) is 21.6. The van der Waals surface area contributed by atoms with Gasteiger partial charge in [-0.3, -0.25) is 9.69 Å². The van der Waals surface area contributed by atoms with E-state index in [0.717, 1.165) is 43.6 Å². The molecule has 160 valence electrons. The number of aryl methyl sites for hydroxylation is 1. The van der Waals surface area contributed by atoms with Gasteiger partial charge in [0, 0.05) is 18.0 Å². The summed E-state index contributed by atoms with van der Waals surface area (Å²) in [4.78, 5) is 15.2. The number of likely N-dealkylation sites (tertiary alicyclic amines) is 1. The first kappa shape index (κ1) is 21.3. The number of carbonyl (C=O) groups excluding carboxylic acids is 1. The Balaban J connectivity index is 1.39. The van der Waals surface area contributed by atoms with Crippen LogP contribution in [0.3, 0.4) is 0 Å². The van der Waals surface area contributed by atoms with Crippen molar-refractivity contribution < 1.29 is 13.9 Å². The van der Waals surface area contributed by atoms with E-state index in [2.05, 4.69) is 17.0 Å². The van der Waals surface area contributed by atoms with Gasteiger partial charge in [0.1, 0.15) is 17.7 Å². The number of Topliss-reactive ketones (excluding diaryl/α,β-unsaturated/α-hetero) is 1. The van der Waals surface area contributed by atoms with Crippen molar-refractivity contribution >= 4 is 5.78 Å². The fourth-order valence-electron chi connectivity index (χ4n) is 4.12. The van der Waals surface area contributed by atoms with Crippen molar-refractivity contribution in [3.63, 3.8) is 0 Å². The molecule has 4 rings (SSSR count). The maximum atomic E-state index is 13.3. The molecule has 1 atom stereocenters. The molecule has 0 spiro atoms. The highest BCUT2D eigenvalue weighted by Crippen LogP contribution is 2.27. The summed E-state index contributed by atoms with van der Waals surface area (Å²) in [7, 11) is 0. The summed E-state index contributed by atoms with van der Waals surface area (Å²) in [5.41, 5.74) is 3.06. The van der Waals surface area contributed by atoms with Crippen molar-refractivity contribution in [2.75, 3.05) is 19.6 Å². The number of halogens is 1. The molecule has 1 heterocycles. The van der Waals surface area contributed by atoms with Crippen LogP contribution in [-0.4, -0.2) is 30.3 Å². The van der Waals surface area contributed by atoms with Crippen LogP contribution in [0.25, 0.3) is 0 Å². The molecule has 0 saturated carbocycles. The van der Waals surface area contributed by atoms with Gasteiger partial charge < -0.3 is 4.74 Å². The summed E-state index contributed by atoms with van der Waals surface area (Å²) >= 11 is 0. The molecular formula is C27H28FNO2. The second-order valence-electron chi connectivity index (χ2n) is 8.28. The lowest BCUT2D eigenvalue weighted by Gasteiger charge is -2.34. The number of carbonyl (C=O) groups is 1. The zero-order valence-corrected chi connectivity index (χ0v) is 17.8. The van der Waals surface area contributed by atoms with Crippen molar-refractivity contribution in [2.45, 2.75) is 25.9 Å². The molecule has 0 N–H and O–H groups in total. The van der Waals surface area contributed by atoms with Crippen LogP contribution in [-0.2, 0) is 0 Å². The first-order valence-electron chi connectivity index (χ1n) is 10.9. The molecule has 1 unspecified atom stereocenters. The largest absolute Gasteiger partial charge is 0.484 e. The molecule has 1 saturated heterocycles. The highest BCUT2D eigenvalue weighted by molar-refractivity contribution is 5.97. The van der Waals surface area contributed by atoms with Gasteiger partial charge in [-0.2, -0.15) is 0 Å². The molecule has 0 aromatic heterocycles. The summed E-state index contributed by atoms with van der Waals surface area (Å²) in [6.45, 7) is 4.48. The Labute approximate surface area is 183 Å². The minimum Gasteiger partial charge on any atom is -0.484 e. The lowest BCUT2D eigenvalue weighted by molar-refractivity contribution is 0.0769. The van der Waals surface area contributed by atoms with Crippen molar-refractivity contribution in [2.24, 2.45) is 5.92 Å². The second kappa shape index (κ2) is 9.88. The fraction of sp³-hybridized carbons (Fsp3) is 0.296. The lowest BCUT2D eigenvalue weighted by Crippen LogP contribution is -2.39. The first-order valence-corrected chi connectivity index (χ1v) is 10.9. The van der Waals surface area contributed by atoms with E-state index >= 15 is 0 Å². The Kier molecular flexibility index (Phi) is 6.78. The van der Waals surface area contributed by atoms with Crippen LogP contribution in [0, 0.1) is 18.7 Å². The number of nitrogens with zero attached hydrogens (tertiary/aromatic N) is 1. The first-order chi connectivity index (χ1) is 15.1. The molecule has 0 aliphatic carbocycles. The summed E-state index contributed by atoms with van der Waals surface area (Å²) < 4.78 is 19.5. The van der Waals surface area contributed by atoms with Gasteiger partial charge in [-0.05, 0) is 62.7 Å². The van der Waals surface area contributed by atoms with Crippen molar-refractivity contribution in [3.8, 4) is 5.75 Å². The van der Waals surface area contributed by atoms with Crippen LogP contribution >= 0.6 is 0 Å². The summed E-state index contributed by atoms with van der Waals surface area (Å²) in [5, 5.41) is 0. The second-order valence-corrected chi connectivity index (χ2v) is 8.28. The van der Waals surface area contributed by atoms with Gasteiger partial charge in [-0.1, -0.05) is 60.2 Å². The highest BCUT2D eigenvalue weighted by atomic mass is 19.1. The summed E-state index contributed by atoms with van der Waals surface area (Å²) in [6.07, 6.45) is 1.55. The van der Waals surface area contributed by atoms with E-state index in [0.29, 0.717) is 5.75 Å². The molecule has 3 nitrogen and oxygen atoms in total. The Hall–Kier alpha value is -2.98. The minimum atomic E-state index is -0.274. The van der Waals surface area contributed by atoms with Crippen molar-refractivity contribution in [1.82, 2.24) is 4.90 Å². The summed E-state index contributed by atoms with van der Waals surface area (Å²) in [5.74, 6) is 0.706. The van der Waals surface area contributed by atoms with Gasteiger partial charge in [0.15, 0.2) is 5.78 Å². The SMILES string of the molecule is Cc1ccc(C(=O)C2CCN(CC(Oc3ccc(F)cc3)c3ccccc3)CC2)cc1. The average Bonchev–Trinajstić information content (AvgIpc) is 2.81. The van der Waals surface area contributed by atoms with Crippen molar-refractivity contribution in [1.29, 1.82) is 0 Å². The average molecular weight is 418 g/mol. The van der Waals surface area contributed by atoms with Gasteiger partial charge in [-0.15, -0.1) is 0 Å². The third-order valence-corrected chi connectivity index (χ3v) is 5.98. The third-order valence-electron chi connectivity index (χ3n) is 5.98. The monoisotopic (exact) mass is 417 g/mol. The quantitative estimate of drug-likeness (QED) is 0.452. The number of benzene rings is 3. The molecular weight excluding hydrogens is 389 g/mol. The Morgan fingerprint density at radius 3 is 2.26 bits per heavy atom.